The average Bonchev–Trinajstić information content (AvgIpc) is 2.89. The van der Waals surface area contributed by atoms with Gasteiger partial charge in [0.2, 0.25) is 0 Å². The van der Waals surface area contributed by atoms with E-state index in [1.54, 1.807) is 17.1 Å². The zero-order valence-electron chi connectivity index (χ0n) is 11.7. The van der Waals surface area contributed by atoms with Crippen molar-refractivity contribution in [3.63, 3.8) is 0 Å². The van der Waals surface area contributed by atoms with E-state index in [0.717, 1.165) is 43.3 Å². The normalized spacial score (nSPS) is 10.7. The minimum absolute atomic E-state index is 0.713. The van der Waals surface area contributed by atoms with Crippen molar-refractivity contribution >= 4 is 5.82 Å². The van der Waals surface area contributed by atoms with Gasteiger partial charge in [-0.25, -0.2) is 9.97 Å². The number of aryl methyl sites for hydroxylation is 2. The van der Waals surface area contributed by atoms with Crippen molar-refractivity contribution in [3.8, 4) is 5.82 Å². The molecule has 0 amide bonds. The van der Waals surface area contributed by atoms with Crippen LogP contribution in [0.15, 0.2) is 12.4 Å². The van der Waals surface area contributed by atoms with Crippen molar-refractivity contribution in [2.75, 3.05) is 11.9 Å². The molecule has 0 aromatic carbocycles. The van der Waals surface area contributed by atoms with Gasteiger partial charge < -0.3 is 5.32 Å². The molecule has 0 unspecified atom stereocenters. The fourth-order valence-corrected chi connectivity index (χ4v) is 1.75. The van der Waals surface area contributed by atoms with Crippen LogP contribution in [0, 0.1) is 0 Å². The van der Waals surface area contributed by atoms with Gasteiger partial charge in [-0.05, 0) is 6.42 Å². The Labute approximate surface area is 113 Å². The zero-order chi connectivity index (χ0) is 13.7. The van der Waals surface area contributed by atoms with Gasteiger partial charge in [0.25, 0.3) is 0 Å². The Morgan fingerprint density at radius 3 is 2.63 bits per heavy atom. The first-order chi connectivity index (χ1) is 9.28. The van der Waals surface area contributed by atoms with Crippen molar-refractivity contribution in [3.05, 3.63) is 24.0 Å². The molecule has 2 aromatic heterocycles. The topological polar surface area (TPSA) is 68.5 Å². The van der Waals surface area contributed by atoms with E-state index in [9.17, 15) is 0 Å². The summed E-state index contributed by atoms with van der Waals surface area (Å²) in [6.07, 6.45) is 6.13. The number of hydrogen-bond acceptors (Lipinski definition) is 5. The Bertz CT molecular complexity index is 534. The Morgan fingerprint density at radius 2 is 1.95 bits per heavy atom. The molecule has 0 fully saturated rings. The molecule has 2 aromatic rings. The SMILES string of the molecule is CCCNc1cncc(-n2nc(CC)nc2CC)n1. The van der Waals surface area contributed by atoms with Crippen molar-refractivity contribution < 1.29 is 0 Å². The Kier molecular flexibility index (Phi) is 4.43. The number of nitrogens with one attached hydrogen (secondary N) is 1. The van der Waals surface area contributed by atoms with Crippen molar-refractivity contribution in [1.82, 2.24) is 24.7 Å². The van der Waals surface area contributed by atoms with E-state index < -0.39 is 0 Å². The molecule has 6 heteroatoms. The molecule has 0 spiro atoms. The predicted octanol–water partition coefficient (Wildman–Crippen LogP) is 2.00. The summed E-state index contributed by atoms with van der Waals surface area (Å²) in [7, 11) is 0. The molecule has 0 aliphatic heterocycles. The van der Waals surface area contributed by atoms with Crippen molar-refractivity contribution in [1.29, 1.82) is 0 Å². The highest BCUT2D eigenvalue weighted by atomic mass is 15.4. The molecule has 2 rings (SSSR count). The van der Waals surface area contributed by atoms with Gasteiger partial charge in [0.15, 0.2) is 11.6 Å². The van der Waals surface area contributed by atoms with Crippen molar-refractivity contribution in [2.45, 2.75) is 40.0 Å². The first kappa shape index (κ1) is 13.5. The largest absolute Gasteiger partial charge is 0.369 e. The van der Waals surface area contributed by atoms with Gasteiger partial charge in [-0.3, -0.25) is 4.98 Å². The van der Waals surface area contributed by atoms with Crippen LogP contribution in [0.1, 0.15) is 38.8 Å². The van der Waals surface area contributed by atoms with Crippen LogP contribution in [0.2, 0.25) is 0 Å². The molecule has 0 aliphatic rings. The molecule has 0 saturated carbocycles. The standard InChI is InChI=1S/C13H20N6/c1-4-7-15-11-8-14-9-13(17-11)19-12(6-3)16-10(5-2)18-19/h8-9H,4-7H2,1-3H3,(H,15,17). The summed E-state index contributed by atoms with van der Waals surface area (Å²) in [5.41, 5.74) is 0. The minimum Gasteiger partial charge on any atom is -0.369 e. The predicted molar refractivity (Wildman–Crippen MR) is 74.5 cm³/mol. The zero-order valence-corrected chi connectivity index (χ0v) is 11.7. The molecule has 0 radical (unpaired) electrons. The van der Waals surface area contributed by atoms with Gasteiger partial charge in [0.1, 0.15) is 11.6 Å². The van der Waals surface area contributed by atoms with Gasteiger partial charge in [-0.1, -0.05) is 20.8 Å². The third-order valence-corrected chi connectivity index (χ3v) is 2.75. The van der Waals surface area contributed by atoms with E-state index in [4.69, 9.17) is 0 Å². The Balaban J connectivity index is 2.32. The number of rotatable bonds is 6. The lowest BCUT2D eigenvalue weighted by Crippen LogP contribution is -2.08. The first-order valence-electron chi connectivity index (χ1n) is 6.79. The molecular weight excluding hydrogens is 240 g/mol. The molecule has 19 heavy (non-hydrogen) atoms. The number of nitrogens with zero attached hydrogens (tertiary/aromatic N) is 5. The van der Waals surface area contributed by atoms with Crippen LogP contribution in [-0.4, -0.2) is 31.3 Å². The monoisotopic (exact) mass is 260 g/mol. The van der Waals surface area contributed by atoms with Crippen LogP contribution in [0.5, 0.6) is 0 Å². The molecule has 0 bridgehead atoms. The third kappa shape index (κ3) is 3.07. The van der Waals surface area contributed by atoms with E-state index in [2.05, 4.69) is 39.2 Å². The molecule has 102 valence electrons. The number of anilines is 1. The molecule has 6 nitrogen and oxygen atoms in total. The van der Waals surface area contributed by atoms with Crippen LogP contribution in [0.25, 0.3) is 5.82 Å². The summed E-state index contributed by atoms with van der Waals surface area (Å²) in [5.74, 6) is 3.24. The summed E-state index contributed by atoms with van der Waals surface area (Å²) in [4.78, 5) is 13.2. The van der Waals surface area contributed by atoms with Gasteiger partial charge >= 0.3 is 0 Å². The lowest BCUT2D eigenvalue weighted by atomic mass is 10.4. The second kappa shape index (κ2) is 6.26. The minimum atomic E-state index is 0.713. The van der Waals surface area contributed by atoms with Gasteiger partial charge in [-0.15, -0.1) is 5.10 Å². The maximum absolute atomic E-state index is 4.52. The van der Waals surface area contributed by atoms with E-state index in [1.807, 2.05) is 6.92 Å². The van der Waals surface area contributed by atoms with Crippen molar-refractivity contribution in [2.24, 2.45) is 0 Å². The van der Waals surface area contributed by atoms with E-state index >= 15 is 0 Å². The van der Waals surface area contributed by atoms with E-state index in [1.165, 1.54) is 0 Å². The van der Waals surface area contributed by atoms with E-state index in [0.29, 0.717) is 5.82 Å². The van der Waals surface area contributed by atoms with Crippen LogP contribution in [0.4, 0.5) is 5.82 Å². The summed E-state index contributed by atoms with van der Waals surface area (Å²) < 4.78 is 1.78. The molecule has 1 N–H and O–H groups in total. The first-order valence-corrected chi connectivity index (χ1v) is 6.79. The fraction of sp³-hybridized carbons (Fsp3) is 0.538. The van der Waals surface area contributed by atoms with Crippen LogP contribution in [-0.2, 0) is 12.8 Å². The van der Waals surface area contributed by atoms with Crippen LogP contribution < -0.4 is 5.32 Å². The maximum atomic E-state index is 4.52. The summed E-state index contributed by atoms with van der Waals surface area (Å²) in [5, 5.41) is 7.69. The highest BCUT2D eigenvalue weighted by Crippen LogP contribution is 2.10. The smallest absolute Gasteiger partial charge is 0.176 e. The molecule has 0 saturated heterocycles. The fourth-order valence-electron chi connectivity index (χ4n) is 1.75. The molecular formula is C13H20N6. The molecule has 0 atom stereocenters. The summed E-state index contributed by atoms with van der Waals surface area (Å²) in [6, 6.07) is 0. The third-order valence-electron chi connectivity index (χ3n) is 2.75. The lowest BCUT2D eigenvalue weighted by molar-refractivity contribution is 0.764. The Morgan fingerprint density at radius 1 is 1.11 bits per heavy atom. The van der Waals surface area contributed by atoms with Gasteiger partial charge in [0, 0.05) is 19.4 Å². The van der Waals surface area contributed by atoms with Crippen LogP contribution in [0.3, 0.4) is 0 Å². The van der Waals surface area contributed by atoms with Crippen LogP contribution >= 0.6 is 0 Å². The second-order valence-corrected chi connectivity index (χ2v) is 4.25. The quantitative estimate of drug-likeness (QED) is 0.860. The summed E-state index contributed by atoms with van der Waals surface area (Å²) in [6.45, 7) is 7.11. The Hall–Kier alpha value is -1.98. The van der Waals surface area contributed by atoms with E-state index in [-0.39, 0.29) is 0 Å². The second-order valence-electron chi connectivity index (χ2n) is 4.25. The van der Waals surface area contributed by atoms with Gasteiger partial charge in [-0.2, -0.15) is 4.68 Å². The summed E-state index contributed by atoms with van der Waals surface area (Å²) >= 11 is 0. The number of hydrogen-bond donors (Lipinski definition) is 1. The molecule has 0 aliphatic carbocycles. The highest BCUT2D eigenvalue weighted by molar-refractivity contribution is 5.35. The highest BCUT2D eigenvalue weighted by Gasteiger charge is 2.10. The number of aromatic nitrogens is 5. The van der Waals surface area contributed by atoms with Gasteiger partial charge in [0.05, 0.1) is 12.4 Å². The molecule has 2 heterocycles. The lowest BCUT2D eigenvalue weighted by Gasteiger charge is -2.06. The maximum Gasteiger partial charge on any atom is 0.176 e. The average molecular weight is 260 g/mol.